The molecule has 114 valence electrons. The van der Waals surface area contributed by atoms with Crippen LogP contribution in [0, 0.1) is 5.92 Å². The molecule has 2 rings (SSSR count). The van der Waals surface area contributed by atoms with E-state index in [1.165, 1.54) is 18.5 Å². The van der Waals surface area contributed by atoms with E-state index < -0.39 is 0 Å². The maximum Gasteiger partial charge on any atom is 0.250 e. The second-order valence-electron chi connectivity index (χ2n) is 5.97. The van der Waals surface area contributed by atoms with Crippen molar-refractivity contribution in [2.24, 2.45) is 5.92 Å². The maximum atomic E-state index is 11.9. The summed E-state index contributed by atoms with van der Waals surface area (Å²) in [7, 11) is 0. The zero-order valence-corrected chi connectivity index (χ0v) is 13.4. The van der Waals surface area contributed by atoms with Crippen molar-refractivity contribution in [3.8, 4) is 0 Å². The van der Waals surface area contributed by atoms with Crippen molar-refractivity contribution < 1.29 is 4.79 Å². The highest BCUT2D eigenvalue weighted by atomic mass is 16.1. The summed E-state index contributed by atoms with van der Waals surface area (Å²) in [6.07, 6.45) is 5.35. The monoisotopic (exact) mass is 286 g/mol. The van der Waals surface area contributed by atoms with E-state index in [2.05, 4.69) is 29.3 Å². The van der Waals surface area contributed by atoms with Crippen molar-refractivity contribution in [3.05, 3.63) is 35.9 Å². The summed E-state index contributed by atoms with van der Waals surface area (Å²) < 4.78 is 0. The van der Waals surface area contributed by atoms with Gasteiger partial charge in [-0.05, 0) is 56.4 Å². The average Bonchev–Trinajstić information content (AvgIpc) is 2.49. The van der Waals surface area contributed by atoms with Gasteiger partial charge in [0.15, 0.2) is 0 Å². The van der Waals surface area contributed by atoms with Gasteiger partial charge in [0.2, 0.25) is 0 Å². The summed E-state index contributed by atoms with van der Waals surface area (Å²) >= 11 is 0. The molecule has 21 heavy (non-hydrogen) atoms. The van der Waals surface area contributed by atoms with Crippen LogP contribution in [-0.2, 0) is 4.79 Å². The minimum atomic E-state index is -0.0172. The van der Waals surface area contributed by atoms with Crippen molar-refractivity contribution in [1.29, 1.82) is 0 Å². The number of hydrogen-bond donors (Lipinski definition) is 1. The Bertz CT molecular complexity index is 496. The van der Waals surface area contributed by atoms with Crippen molar-refractivity contribution >= 4 is 17.3 Å². The molecule has 0 aliphatic carbocycles. The van der Waals surface area contributed by atoms with Crippen LogP contribution in [0.1, 0.15) is 40.0 Å². The van der Waals surface area contributed by atoms with Gasteiger partial charge in [-0.3, -0.25) is 4.79 Å². The topological polar surface area (TPSA) is 32.3 Å². The molecule has 0 aromatic heterocycles. The molecule has 0 radical (unpaired) electrons. The van der Waals surface area contributed by atoms with E-state index in [1.807, 2.05) is 32.1 Å². The summed E-state index contributed by atoms with van der Waals surface area (Å²) in [5, 5.41) is 2.94. The number of carbonyl (C=O) groups is 1. The molecule has 0 atom stereocenters. The Balaban J connectivity index is 1.96. The zero-order chi connectivity index (χ0) is 15.2. The van der Waals surface area contributed by atoms with Crippen LogP contribution in [0.25, 0.3) is 0 Å². The molecule has 1 saturated heterocycles. The average molecular weight is 286 g/mol. The van der Waals surface area contributed by atoms with Gasteiger partial charge in [0.05, 0.1) is 0 Å². The molecule has 1 heterocycles. The van der Waals surface area contributed by atoms with E-state index in [4.69, 9.17) is 0 Å². The van der Waals surface area contributed by atoms with E-state index in [0.29, 0.717) is 0 Å². The van der Waals surface area contributed by atoms with Gasteiger partial charge in [-0.15, -0.1) is 0 Å². The molecule has 1 amide bonds. The van der Waals surface area contributed by atoms with Gasteiger partial charge in [-0.2, -0.15) is 0 Å². The quantitative estimate of drug-likeness (QED) is 0.841. The van der Waals surface area contributed by atoms with Crippen LogP contribution < -0.4 is 10.2 Å². The lowest BCUT2D eigenvalue weighted by Gasteiger charge is -2.32. The van der Waals surface area contributed by atoms with Crippen LogP contribution in [-0.4, -0.2) is 19.0 Å². The summed E-state index contributed by atoms with van der Waals surface area (Å²) in [4.78, 5) is 14.4. The smallest absolute Gasteiger partial charge is 0.250 e. The standard InChI is InChI=1S/C18H26N2O/c1-4-5-15(3)18(21)19-16-6-8-17(9-7-16)20-12-10-14(2)11-13-20/h5-9,14H,4,10-13H2,1-3H3,(H,19,21). The van der Waals surface area contributed by atoms with E-state index >= 15 is 0 Å². The SMILES string of the molecule is CCC=C(C)C(=O)Nc1ccc(N2CCC(C)CC2)cc1. The lowest BCUT2D eigenvalue weighted by Crippen LogP contribution is -2.32. The summed E-state index contributed by atoms with van der Waals surface area (Å²) in [6, 6.07) is 8.18. The molecule has 0 unspecified atom stereocenters. The van der Waals surface area contributed by atoms with Crippen molar-refractivity contribution in [2.45, 2.75) is 40.0 Å². The first-order chi connectivity index (χ1) is 10.1. The molecule has 1 aliphatic heterocycles. The van der Waals surface area contributed by atoms with Crippen LogP contribution in [0.5, 0.6) is 0 Å². The Morgan fingerprint density at radius 2 is 1.90 bits per heavy atom. The Labute approximate surface area is 128 Å². The molecular weight excluding hydrogens is 260 g/mol. The third-order valence-corrected chi connectivity index (χ3v) is 4.14. The first-order valence-electron chi connectivity index (χ1n) is 7.93. The molecular formula is C18H26N2O. The number of piperidine rings is 1. The van der Waals surface area contributed by atoms with Gasteiger partial charge in [-0.1, -0.05) is 19.9 Å². The summed E-state index contributed by atoms with van der Waals surface area (Å²) in [5.41, 5.74) is 2.88. The molecule has 1 aromatic carbocycles. The van der Waals surface area contributed by atoms with Gasteiger partial charge >= 0.3 is 0 Å². The molecule has 0 saturated carbocycles. The molecule has 3 heteroatoms. The van der Waals surface area contributed by atoms with E-state index in [0.717, 1.165) is 36.7 Å². The number of nitrogens with zero attached hydrogens (tertiary/aromatic N) is 1. The summed E-state index contributed by atoms with van der Waals surface area (Å²) in [6.45, 7) is 8.46. The predicted molar refractivity (Wildman–Crippen MR) is 89.7 cm³/mol. The number of carbonyl (C=O) groups excluding carboxylic acids is 1. The van der Waals surface area contributed by atoms with Gasteiger partial charge in [0.1, 0.15) is 0 Å². The van der Waals surface area contributed by atoms with Gasteiger partial charge in [-0.25, -0.2) is 0 Å². The van der Waals surface area contributed by atoms with Gasteiger partial charge < -0.3 is 10.2 Å². The highest BCUT2D eigenvalue weighted by molar-refractivity contribution is 6.03. The Morgan fingerprint density at radius 1 is 1.29 bits per heavy atom. The molecule has 0 bridgehead atoms. The minimum absolute atomic E-state index is 0.0172. The van der Waals surface area contributed by atoms with Crippen LogP contribution in [0.4, 0.5) is 11.4 Å². The van der Waals surface area contributed by atoms with Crippen LogP contribution in [0.15, 0.2) is 35.9 Å². The fourth-order valence-electron chi connectivity index (χ4n) is 2.65. The second kappa shape index (κ2) is 7.30. The molecule has 1 fully saturated rings. The lowest BCUT2D eigenvalue weighted by atomic mass is 9.99. The van der Waals surface area contributed by atoms with Crippen LogP contribution in [0.3, 0.4) is 0 Å². The second-order valence-corrected chi connectivity index (χ2v) is 5.97. The lowest BCUT2D eigenvalue weighted by molar-refractivity contribution is -0.112. The molecule has 1 N–H and O–H groups in total. The number of allylic oxidation sites excluding steroid dienone is 1. The number of hydrogen-bond acceptors (Lipinski definition) is 2. The zero-order valence-electron chi connectivity index (χ0n) is 13.4. The minimum Gasteiger partial charge on any atom is -0.372 e. The van der Waals surface area contributed by atoms with Crippen LogP contribution in [0.2, 0.25) is 0 Å². The van der Waals surface area contributed by atoms with E-state index in [9.17, 15) is 4.79 Å². The molecule has 1 aromatic rings. The van der Waals surface area contributed by atoms with Crippen molar-refractivity contribution in [2.75, 3.05) is 23.3 Å². The number of rotatable bonds is 4. The third-order valence-electron chi connectivity index (χ3n) is 4.14. The largest absolute Gasteiger partial charge is 0.372 e. The molecule has 1 aliphatic rings. The Kier molecular flexibility index (Phi) is 5.43. The normalized spacial score (nSPS) is 16.9. The number of amides is 1. The predicted octanol–water partition coefficient (Wildman–Crippen LogP) is 4.22. The first-order valence-corrected chi connectivity index (χ1v) is 7.93. The molecule has 3 nitrogen and oxygen atoms in total. The van der Waals surface area contributed by atoms with Crippen molar-refractivity contribution in [1.82, 2.24) is 0 Å². The highest BCUT2D eigenvalue weighted by Crippen LogP contribution is 2.24. The fraction of sp³-hybridized carbons (Fsp3) is 0.500. The first kappa shape index (κ1) is 15.6. The van der Waals surface area contributed by atoms with Gasteiger partial charge in [0.25, 0.3) is 5.91 Å². The van der Waals surface area contributed by atoms with Crippen LogP contribution >= 0.6 is 0 Å². The summed E-state index contributed by atoms with van der Waals surface area (Å²) in [5.74, 6) is 0.824. The van der Waals surface area contributed by atoms with Gasteiger partial charge in [0, 0.05) is 30.0 Å². The van der Waals surface area contributed by atoms with Crippen molar-refractivity contribution in [3.63, 3.8) is 0 Å². The number of anilines is 2. The highest BCUT2D eigenvalue weighted by Gasteiger charge is 2.15. The van der Waals surface area contributed by atoms with E-state index in [-0.39, 0.29) is 5.91 Å². The number of nitrogens with one attached hydrogen (secondary N) is 1. The Morgan fingerprint density at radius 3 is 2.48 bits per heavy atom. The fourth-order valence-corrected chi connectivity index (χ4v) is 2.65. The maximum absolute atomic E-state index is 11.9. The Hall–Kier alpha value is -1.77. The third kappa shape index (κ3) is 4.35. The van der Waals surface area contributed by atoms with E-state index in [1.54, 1.807) is 0 Å². The molecule has 0 spiro atoms. The number of benzene rings is 1.